The van der Waals surface area contributed by atoms with E-state index in [-0.39, 0.29) is 12.4 Å². The first kappa shape index (κ1) is 14.0. The number of nitrogens with one attached hydrogen (secondary N) is 1. The zero-order valence-corrected chi connectivity index (χ0v) is 11.8. The molecule has 0 unspecified atom stereocenters. The second-order valence-electron chi connectivity index (χ2n) is 4.78. The van der Waals surface area contributed by atoms with Crippen LogP contribution in [0.1, 0.15) is 15.9 Å². The summed E-state index contributed by atoms with van der Waals surface area (Å²) in [6.07, 6.45) is 3.98. The van der Waals surface area contributed by atoms with Crippen LogP contribution in [0.25, 0.3) is 6.08 Å². The molecule has 22 heavy (non-hydrogen) atoms. The first-order valence-electron chi connectivity index (χ1n) is 6.86. The molecule has 5 heteroatoms. The van der Waals surface area contributed by atoms with Gasteiger partial charge < -0.3 is 19.9 Å². The van der Waals surface area contributed by atoms with Crippen molar-refractivity contribution >= 4 is 17.7 Å². The Balaban J connectivity index is 1.55. The zero-order valence-electron chi connectivity index (χ0n) is 11.8. The molecule has 2 aromatic rings. The molecule has 0 aromatic heterocycles. The van der Waals surface area contributed by atoms with Crippen LogP contribution in [-0.4, -0.2) is 24.4 Å². The number of hydrogen-bond donors (Lipinski definition) is 2. The number of ether oxygens (including phenoxy) is 2. The molecule has 2 N–H and O–H groups in total. The maximum Gasteiger partial charge on any atom is 0.335 e. The topological polar surface area (TPSA) is 67.8 Å². The van der Waals surface area contributed by atoms with Crippen molar-refractivity contribution in [2.24, 2.45) is 0 Å². The molecule has 0 bridgehead atoms. The lowest BCUT2D eigenvalue weighted by molar-refractivity contribution is 0.0697. The number of fused-ring (bicyclic) bond motifs is 1. The first-order valence-corrected chi connectivity index (χ1v) is 6.86. The lowest BCUT2D eigenvalue weighted by Gasteiger charge is -2.03. The number of anilines is 1. The molecule has 3 rings (SSSR count). The Morgan fingerprint density at radius 1 is 1.14 bits per heavy atom. The van der Waals surface area contributed by atoms with Crippen LogP contribution in [0.3, 0.4) is 0 Å². The summed E-state index contributed by atoms with van der Waals surface area (Å²) in [4.78, 5) is 10.8. The van der Waals surface area contributed by atoms with E-state index in [0.29, 0.717) is 6.54 Å². The minimum atomic E-state index is -0.922. The van der Waals surface area contributed by atoms with Gasteiger partial charge in [-0.2, -0.15) is 0 Å². The van der Waals surface area contributed by atoms with E-state index in [1.54, 1.807) is 24.3 Å². The van der Waals surface area contributed by atoms with Gasteiger partial charge >= 0.3 is 5.97 Å². The predicted molar refractivity (Wildman–Crippen MR) is 83.5 cm³/mol. The molecule has 0 amide bonds. The number of rotatable bonds is 5. The molecule has 2 aromatic carbocycles. The molecule has 5 nitrogen and oxygen atoms in total. The van der Waals surface area contributed by atoms with Gasteiger partial charge in [0.1, 0.15) is 0 Å². The maximum atomic E-state index is 10.8. The van der Waals surface area contributed by atoms with Crippen LogP contribution in [0, 0.1) is 0 Å². The summed E-state index contributed by atoms with van der Waals surface area (Å²) in [6, 6.07) is 12.4. The Kier molecular flexibility index (Phi) is 3.96. The molecule has 0 radical (unpaired) electrons. The fourth-order valence-electron chi connectivity index (χ4n) is 2.12. The highest BCUT2D eigenvalue weighted by Gasteiger charge is 2.11. The van der Waals surface area contributed by atoms with Crippen molar-refractivity contribution in [2.75, 3.05) is 18.7 Å². The Morgan fingerprint density at radius 2 is 1.91 bits per heavy atom. The van der Waals surface area contributed by atoms with Crippen LogP contribution < -0.4 is 14.8 Å². The van der Waals surface area contributed by atoms with Crippen LogP contribution in [0.15, 0.2) is 48.5 Å². The van der Waals surface area contributed by atoms with Crippen LogP contribution in [0.5, 0.6) is 11.5 Å². The van der Waals surface area contributed by atoms with E-state index < -0.39 is 5.97 Å². The van der Waals surface area contributed by atoms with Crippen molar-refractivity contribution in [1.29, 1.82) is 0 Å². The lowest BCUT2D eigenvalue weighted by atomic mass is 10.2. The summed E-state index contributed by atoms with van der Waals surface area (Å²) >= 11 is 0. The second kappa shape index (κ2) is 6.22. The molecule has 112 valence electrons. The summed E-state index contributed by atoms with van der Waals surface area (Å²) in [5.74, 6) is 0.613. The largest absolute Gasteiger partial charge is 0.478 e. The molecule has 1 aliphatic rings. The first-order chi connectivity index (χ1) is 10.7. The third-order valence-electron chi connectivity index (χ3n) is 3.26. The predicted octanol–water partition coefficient (Wildman–Crippen LogP) is 3.24. The number of carboxylic acids is 1. The van der Waals surface area contributed by atoms with Gasteiger partial charge in [0, 0.05) is 12.2 Å². The minimum absolute atomic E-state index is 0.274. The highest BCUT2D eigenvalue weighted by Crippen LogP contribution is 2.32. The van der Waals surface area contributed by atoms with E-state index in [9.17, 15) is 4.79 Å². The van der Waals surface area contributed by atoms with E-state index >= 15 is 0 Å². The highest BCUT2D eigenvalue weighted by molar-refractivity contribution is 5.88. The fourth-order valence-corrected chi connectivity index (χ4v) is 2.12. The van der Waals surface area contributed by atoms with Crippen molar-refractivity contribution in [2.45, 2.75) is 0 Å². The van der Waals surface area contributed by atoms with Gasteiger partial charge in [0.05, 0.1) is 5.56 Å². The van der Waals surface area contributed by atoms with Gasteiger partial charge in [-0.3, -0.25) is 0 Å². The molecular formula is C17H15NO4. The van der Waals surface area contributed by atoms with Gasteiger partial charge in [0.15, 0.2) is 11.5 Å². The van der Waals surface area contributed by atoms with Crippen molar-refractivity contribution in [3.63, 3.8) is 0 Å². The van der Waals surface area contributed by atoms with Gasteiger partial charge in [-0.15, -0.1) is 0 Å². The second-order valence-corrected chi connectivity index (χ2v) is 4.78. The molecule has 0 saturated heterocycles. The van der Waals surface area contributed by atoms with Crippen LogP contribution in [0.4, 0.5) is 5.69 Å². The maximum absolute atomic E-state index is 10.8. The van der Waals surface area contributed by atoms with Crippen molar-refractivity contribution < 1.29 is 19.4 Å². The monoisotopic (exact) mass is 297 g/mol. The number of carbonyl (C=O) groups is 1. The quantitative estimate of drug-likeness (QED) is 0.886. The third-order valence-corrected chi connectivity index (χ3v) is 3.26. The highest BCUT2D eigenvalue weighted by atomic mass is 16.7. The van der Waals surface area contributed by atoms with E-state index in [1.165, 1.54) is 0 Å². The van der Waals surface area contributed by atoms with E-state index in [4.69, 9.17) is 14.6 Å². The normalized spacial score (nSPS) is 12.5. The number of benzene rings is 2. The Labute approximate surface area is 127 Å². The Morgan fingerprint density at radius 3 is 2.68 bits per heavy atom. The lowest BCUT2D eigenvalue weighted by Crippen LogP contribution is -2.00. The SMILES string of the molecule is O=C(O)c1ccc(NCC=Cc2ccc3c(c2)OCO3)cc1. The molecule has 0 fully saturated rings. The minimum Gasteiger partial charge on any atom is -0.478 e. The van der Waals surface area contributed by atoms with Gasteiger partial charge in [-0.05, 0) is 42.0 Å². The van der Waals surface area contributed by atoms with Crippen molar-refractivity contribution in [3.8, 4) is 11.5 Å². The smallest absolute Gasteiger partial charge is 0.335 e. The van der Waals surface area contributed by atoms with Crippen LogP contribution in [0.2, 0.25) is 0 Å². The summed E-state index contributed by atoms with van der Waals surface area (Å²) in [6.45, 7) is 0.914. The summed E-state index contributed by atoms with van der Waals surface area (Å²) in [7, 11) is 0. The zero-order chi connectivity index (χ0) is 15.4. The molecule has 0 aliphatic carbocycles. The summed E-state index contributed by atoms with van der Waals surface area (Å²) < 4.78 is 10.6. The van der Waals surface area contributed by atoms with Crippen molar-refractivity contribution in [3.05, 3.63) is 59.7 Å². The van der Waals surface area contributed by atoms with Crippen molar-refractivity contribution in [1.82, 2.24) is 0 Å². The van der Waals surface area contributed by atoms with E-state index in [1.807, 2.05) is 30.4 Å². The van der Waals surface area contributed by atoms with E-state index in [2.05, 4.69) is 5.32 Å². The number of hydrogen-bond acceptors (Lipinski definition) is 4. The summed E-state index contributed by atoms with van der Waals surface area (Å²) in [5, 5.41) is 12.0. The van der Waals surface area contributed by atoms with Crippen LogP contribution >= 0.6 is 0 Å². The molecule has 1 aliphatic heterocycles. The molecule has 0 saturated carbocycles. The molecular weight excluding hydrogens is 282 g/mol. The van der Waals surface area contributed by atoms with Crippen LogP contribution in [-0.2, 0) is 0 Å². The van der Waals surface area contributed by atoms with E-state index in [0.717, 1.165) is 22.7 Å². The third kappa shape index (κ3) is 3.20. The molecule has 0 spiro atoms. The fraction of sp³-hybridized carbons (Fsp3) is 0.118. The Bertz CT molecular complexity index is 707. The average Bonchev–Trinajstić information content (AvgIpc) is 2.99. The van der Waals surface area contributed by atoms with Gasteiger partial charge in [-0.1, -0.05) is 18.2 Å². The average molecular weight is 297 g/mol. The standard InChI is InChI=1S/C17H15NO4/c19-17(20)13-4-6-14(7-5-13)18-9-1-2-12-3-8-15-16(10-12)22-11-21-15/h1-8,10,18H,9,11H2,(H,19,20). The Hall–Kier alpha value is -2.95. The van der Waals surface area contributed by atoms with Gasteiger partial charge in [0.25, 0.3) is 0 Å². The molecule has 0 atom stereocenters. The van der Waals surface area contributed by atoms with Gasteiger partial charge in [-0.25, -0.2) is 4.79 Å². The van der Waals surface area contributed by atoms with Gasteiger partial charge in [0.2, 0.25) is 6.79 Å². The molecule has 1 heterocycles. The number of aromatic carboxylic acids is 1. The summed E-state index contributed by atoms with van der Waals surface area (Å²) in [5.41, 5.74) is 2.19. The number of carboxylic acid groups (broad SMARTS) is 1.